The van der Waals surface area contributed by atoms with Crippen molar-refractivity contribution in [3.05, 3.63) is 45.6 Å². The van der Waals surface area contributed by atoms with Gasteiger partial charge in [0.15, 0.2) is 0 Å². The lowest BCUT2D eigenvalue weighted by Crippen LogP contribution is -2.83. The van der Waals surface area contributed by atoms with E-state index < -0.39 is 57.3 Å². The van der Waals surface area contributed by atoms with Crippen molar-refractivity contribution in [3.8, 4) is 0 Å². The van der Waals surface area contributed by atoms with E-state index in [-0.39, 0.29) is 19.4 Å². The van der Waals surface area contributed by atoms with Crippen molar-refractivity contribution in [2.24, 2.45) is 0 Å². The van der Waals surface area contributed by atoms with Crippen molar-refractivity contribution in [3.63, 3.8) is 0 Å². The molecule has 1 aromatic carbocycles. The van der Waals surface area contributed by atoms with E-state index in [9.17, 15) is 53.1 Å². The van der Waals surface area contributed by atoms with E-state index in [4.69, 9.17) is 0 Å². The molecule has 0 spiro atoms. The number of hydrogen-bond donors (Lipinski definition) is 1. The third-order valence-electron chi connectivity index (χ3n) is 5.01. The normalized spacial score (nSPS) is 24.2. The maximum atomic E-state index is 14.7. The summed E-state index contributed by atoms with van der Waals surface area (Å²) in [6.45, 7) is -0.00685. The maximum absolute atomic E-state index is 14.7. The Morgan fingerprint density at radius 3 is 1.70 bits per heavy atom. The number of rotatable bonds is 7. The van der Waals surface area contributed by atoms with Gasteiger partial charge in [0.1, 0.15) is 0 Å². The van der Waals surface area contributed by atoms with E-state index in [1.165, 1.54) is 12.1 Å². The second kappa shape index (κ2) is 8.87. The van der Waals surface area contributed by atoms with E-state index in [0.29, 0.717) is 5.56 Å². The number of alkyl halides is 11. The first-order valence-electron chi connectivity index (χ1n) is 9.17. The third-order valence-corrected chi connectivity index (χ3v) is 5.86. The monoisotopic (exact) mass is 609 g/mol. The summed E-state index contributed by atoms with van der Waals surface area (Å²) in [5, 5.41) is 2.46. The van der Waals surface area contributed by atoms with Crippen LogP contribution in [0.2, 0.25) is 0 Å². The highest BCUT2D eigenvalue weighted by atomic mass is 127. The average molecular weight is 609 g/mol. The van der Waals surface area contributed by atoms with Gasteiger partial charge in [-0.05, 0) is 63.6 Å². The van der Waals surface area contributed by atoms with Crippen LogP contribution in [0.3, 0.4) is 0 Å². The molecule has 0 radical (unpaired) electrons. The van der Waals surface area contributed by atoms with Gasteiger partial charge in [-0.3, -0.25) is 4.79 Å². The van der Waals surface area contributed by atoms with Gasteiger partial charge in [0.2, 0.25) is 0 Å². The van der Waals surface area contributed by atoms with Gasteiger partial charge in [-0.15, -0.1) is 0 Å². The average Bonchev–Trinajstić information content (AvgIpc) is 2.72. The van der Waals surface area contributed by atoms with Crippen molar-refractivity contribution in [2.75, 3.05) is 6.54 Å². The summed E-state index contributed by atoms with van der Waals surface area (Å²) in [5.41, 5.74) is -5.79. The molecule has 0 atom stereocenters. The highest BCUT2D eigenvalue weighted by Crippen LogP contribution is 2.70. The number of allylic oxidation sites excluding steroid dienone is 2. The lowest BCUT2D eigenvalue weighted by Gasteiger charge is -2.51. The molecule has 1 aliphatic carbocycles. The van der Waals surface area contributed by atoms with Crippen LogP contribution < -0.4 is 5.32 Å². The minimum absolute atomic E-state index is 0.00685. The maximum Gasteiger partial charge on any atom is 0.384 e. The molecule has 186 valence electrons. The summed E-state index contributed by atoms with van der Waals surface area (Å²) >= 11 is 0.984. The molecule has 0 aliphatic heterocycles. The molecular weight excluding hydrogens is 594 g/mol. The van der Waals surface area contributed by atoms with Crippen molar-refractivity contribution in [1.82, 2.24) is 5.32 Å². The summed E-state index contributed by atoms with van der Waals surface area (Å²) < 4.78 is 150. The Kier molecular flexibility index (Phi) is 7.43. The molecule has 1 saturated carbocycles. The van der Waals surface area contributed by atoms with Gasteiger partial charge in [0, 0.05) is 12.1 Å². The molecule has 2 rings (SSSR count). The largest absolute Gasteiger partial charge is 0.384 e. The summed E-state index contributed by atoms with van der Waals surface area (Å²) in [5.74, 6) is -35.7. The summed E-state index contributed by atoms with van der Waals surface area (Å²) in [6.07, 6.45) is -1.39. The number of halogens is 12. The zero-order valence-electron chi connectivity index (χ0n) is 16.2. The standard InChI is InChI=1S/C19H15F11INO/c20-14(15(21,22)17(25,26)19(29,30)18(27,28)16(14,23)24)10-12(31)8-4-5-9-32-13(33)11-6-2-1-3-7-11/h1-3,6-7,10H,4-5,8-9H2,(H,32,33). The van der Waals surface area contributed by atoms with Crippen LogP contribution in [0.25, 0.3) is 0 Å². The highest BCUT2D eigenvalue weighted by molar-refractivity contribution is 14.1. The molecule has 1 amide bonds. The molecule has 0 bridgehead atoms. The number of benzene rings is 1. The molecule has 1 aliphatic rings. The van der Waals surface area contributed by atoms with Crippen LogP contribution in [0.15, 0.2) is 40.0 Å². The predicted octanol–water partition coefficient (Wildman–Crippen LogP) is 6.80. The van der Waals surface area contributed by atoms with E-state index >= 15 is 0 Å². The fourth-order valence-electron chi connectivity index (χ4n) is 3.03. The molecule has 1 aromatic rings. The first-order valence-corrected chi connectivity index (χ1v) is 10.2. The number of nitrogens with one attached hydrogen (secondary N) is 1. The Labute approximate surface area is 193 Å². The molecule has 0 unspecified atom stereocenters. The smallest absolute Gasteiger partial charge is 0.352 e. The van der Waals surface area contributed by atoms with E-state index in [1.807, 2.05) is 0 Å². The van der Waals surface area contributed by atoms with Gasteiger partial charge < -0.3 is 5.32 Å². The predicted molar refractivity (Wildman–Crippen MR) is 103 cm³/mol. The molecule has 1 N–H and O–H groups in total. The topological polar surface area (TPSA) is 29.1 Å². The quantitative estimate of drug-likeness (QED) is 0.206. The summed E-state index contributed by atoms with van der Waals surface area (Å²) in [6, 6.07) is 7.85. The zero-order valence-corrected chi connectivity index (χ0v) is 18.4. The first-order chi connectivity index (χ1) is 14.9. The minimum atomic E-state index is -7.22. The van der Waals surface area contributed by atoms with E-state index in [1.54, 1.807) is 18.2 Å². The van der Waals surface area contributed by atoms with Crippen LogP contribution in [-0.2, 0) is 0 Å². The van der Waals surface area contributed by atoms with Crippen molar-refractivity contribution in [2.45, 2.75) is 54.5 Å². The van der Waals surface area contributed by atoms with Gasteiger partial charge >= 0.3 is 29.6 Å². The third kappa shape index (κ3) is 4.09. The lowest BCUT2D eigenvalue weighted by atomic mass is 9.72. The number of carbonyl (C=O) groups is 1. The first kappa shape index (κ1) is 27.6. The summed E-state index contributed by atoms with van der Waals surface area (Å²) in [4.78, 5) is 11.8. The number of unbranched alkanes of at least 4 members (excludes halogenated alkanes) is 1. The minimum Gasteiger partial charge on any atom is -0.352 e. The second-order valence-corrected chi connectivity index (χ2v) is 8.64. The lowest BCUT2D eigenvalue weighted by molar-refractivity contribution is -0.476. The van der Waals surface area contributed by atoms with Crippen molar-refractivity contribution >= 4 is 28.5 Å². The molecule has 33 heavy (non-hydrogen) atoms. The fraction of sp³-hybridized carbons (Fsp3) is 0.526. The number of carbonyl (C=O) groups excluding carboxylic acids is 1. The Hall–Kier alpha value is -1.61. The summed E-state index contributed by atoms with van der Waals surface area (Å²) in [7, 11) is 0. The zero-order chi connectivity index (χ0) is 25.5. The molecule has 0 saturated heterocycles. The highest BCUT2D eigenvalue weighted by Gasteiger charge is 3.00. The van der Waals surface area contributed by atoms with E-state index in [2.05, 4.69) is 5.32 Å². The van der Waals surface area contributed by atoms with Crippen LogP contribution in [0.4, 0.5) is 48.3 Å². The number of amides is 1. The number of hydrogen-bond acceptors (Lipinski definition) is 1. The Bertz CT molecular complexity index is 872. The van der Waals surface area contributed by atoms with Crippen molar-refractivity contribution in [1.29, 1.82) is 0 Å². The van der Waals surface area contributed by atoms with E-state index in [0.717, 1.165) is 22.6 Å². The Morgan fingerprint density at radius 2 is 1.21 bits per heavy atom. The molecule has 2 nitrogen and oxygen atoms in total. The van der Waals surface area contributed by atoms with Crippen LogP contribution in [0.5, 0.6) is 0 Å². The van der Waals surface area contributed by atoms with Crippen LogP contribution in [-0.4, -0.2) is 47.7 Å². The second-order valence-electron chi connectivity index (χ2n) is 7.25. The molecule has 0 heterocycles. The Morgan fingerprint density at radius 1 is 0.758 bits per heavy atom. The van der Waals surface area contributed by atoms with Gasteiger partial charge in [-0.25, -0.2) is 4.39 Å². The van der Waals surface area contributed by atoms with Gasteiger partial charge in [-0.1, -0.05) is 18.2 Å². The SMILES string of the molecule is O=C(NCCCCC(I)=CC1(F)C(F)(F)C(F)(F)C(F)(F)C(F)(F)C1(F)F)c1ccccc1. The van der Waals surface area contributed by atoms with Crippen LogP contribution >= 0.6 is 22.6 Å². The Balaban J connectivity index is 2.14. The van der Waals surface area contributed by atoms with Crippen LogP contribution in [0.1, 0.15) is 29.6 Å². The fourth-order valence-corrected chi connectivity index (χ4v) is 3.84. The molecule has 1 fully saturated rings. The van der Waals surface area contributed by atoms with Crippen molar-refractivity contribution < 1.29 is 53.1 Å². The molecule has 0 aromatic heterocycles. The van der Waals surface area contributed by atoms with Gasteiger partial charge in [-0.2, -0.15) is 43.9 Å². The van der Waals surface area contributed by atoms with Gasteiger partial charge in [0.25, 0.3) is 11.6 Å². The molecular formula is C19H15F11INO. The van der Waals surface area contributed by atoms with Crippen LogP contribution in [0, 0.1) is 0 Å². The molecule has 14 heteroatoms. The van der Waals surface area contributed by atoms with Gasteiger partial charge in [0.05, 0.1) is 0 Å².